The molecule has 0 aromatic heterocycles. The van der Waals surface area contributed by atoms with Crippen LogP contribution in [0, 0.1) is 0 Å². The van der Waals surface area contributed by atoms with Crippen LogP contribution in [-0.2, 0) is 14.3 Å². The van der Waals surface area contributed by atoms with Crippen LogP contribution < -0.4 is 5.32 Å². The van der Waals surface area contributed by atoms with Crippen LogP contribution in [0.5, 0.6) is 0 Å². The van der Waals surface area contributed by atoms with Gasteiger partial charge in [0, 0.05) is 6.42 Å². The summed E-state index contributed by atoms with van der Waals surface area (Å²) in [4.78, 5) is 26.3. The number of nitrogens with one attached hydrogen (secondary N) is 1. The summed E-state index contributed by atoms with van der Waals surface area (Å²) >= 11 is 0. The fraction of sp³-hybridized carbons (Fsp3) is 0.841. The second-order valence-corrected chi connectivity index (χ2v) is 20.7. The van der Waals surface area contributed by atoms with Crippen molar-refractivity contribution in [1.29, 1.82) is 0 Å². The van der Waals surface area contributed by atoms with Crippen LogP contribution in [-0.4, -0.2) is 46.9 Å². The lowest BCUT2D eigenvalue weighted by Crippen LogP contribution is -2.46. The molecule has 69 heavy (non-hydrogen) atoms. The SMILES string of the molecule is CCCCC/C=C\C/C=C\CCCCCCCCCCCC(=O)OC(CCCCCCCCC/C=C\C/C=C\CCCCC)CC(=O)NC(CO)C(O)CCCCCCCCCCCCCCCC. The third kappa shape index (κ3) is 52.0. The molecule has 0 aliphatic heterocycles. The molecule has 6 nitrogen and oxygen atoms in total. The Kier molecular flexibility index (Phi) is 54.9. The van der Waals surface area contributed by atoms with E-state index in [9.17, 15) is 19.8 Å². The van der Waals surface area contributed by atoms with Crippen LogP contribution in [0.1, 0.15) is 316 Å². The van der Waals surface area contributed by atoms with Gasteiger partial charge < -0.3 is 20.3 Å². The fourth-order valence-corrected chi connectivity index (χ4v) is 9.26. The second-order valence-electron chi connectivity index (χ2n) is 20.7. The number of rotatable bonds is 55. The van der Waals surface area contributed by atoms with Gasteiger partial charge >= 0.3 is 5.97 Å². The predicted molar refractivity (Wildman–Crippen MR) is 301 cm³/mol. The standard InChI is InChI=1S/C63H117NO5/c1-4-7-10-13-16-19-22-25-28-30-31-33-35-38-41-44-47-50-53-56-63(68)69-59(54-51-48-45-42-39-36-34-32-29-26-23-20-17-14-11-8-5-2)57-62(67)64-60(58-65)61(66)55-52-49-46-43-40-37-27-24-21-18-15-12-9-6-3/h16-17,19-20,25-26,28-29,59-61,65-66H,4-15,18,21-24,27,30-58H2,1-3H3,(H,64,67)/b19-16-,20-17-,28-25-,29-26-. The van der Waals surface area contributed by atoms with Crippen LogP contribution in [0.2, 0.25) is 0 Å². The number of esters is 1. The highest BCUT2D eigenvalue weighted by molar-refractivity contribution is 5.77. The maximum absolute atomic E-state index is 13.3. The van der Waals surface area contributed by atoms with Crippen molar-refractivity contribution in [2.45, 2.75) is 334 Å². The highest BCUT2D eigenvalue weighted by Crippen LogP contribution is 2.19. The minimum absolute atomic E-state index is 0.0722. The lowest BCUT2D eigenvalue weighted by Gasteiger charge is -2.24. The molecule has 3 unspecified atom stereocenters. The lowest BCUT2D eigenvalue weighted by molar-refractivity contribution is -0.151. The van der Waals surface area contributed by atoms with E-state index in [4.69, 9.17) is 4.74 Å². The Morgan fingerprint density at radius 1 is 0.420 bits per heavy atom. The van der Waals surface area contributed by atoms with Crippen LogP contribution >= 0.6 is 0 Å². The molecule has 0 fully saturated rings. The molecule has 0 aliphatic carbocycles. The Balaban J connectivity index is 4.55. The van der Waals surface area contributed by atoms with Crippen molar-refractivity contribution < 1.29 is 24.5 Å². The van der Waals surface area contributed by atoms with E-state index < -0.39 is 18.2 Å². The summed E-state index contributed by atoms with van der Waals surface area (Å²) < 4.78 is 5.98. The maximum Gasteiger partial charge on any atom is 0.306 e. The smallest absolute Gasteiger partial charge is 0.306 e. The summed E-state index contributed by atoms with van der Waals surface area (Å²) in [7, 11) is 0. The molecule has 3 N–H and O–H groups in total. The quantitative estimate of drug-likeness (QED) is 0.0321. The van der Waals surface area contributed by atoms with Crippen LogP contribution in [0.25, 0.3) is 0 Å². The average Bonchev–Trinajstić information content (AvgIpc) is 3.34. The van der Waals surface area contributed by atoms with E-state index in [0.29, 0.717) is 19.3 Å². The Morgan fingerprint density at radius 3 is 1.13 bits per heavy atom. The van der Waals surface area contributed by atoms with Gasteiger partial charge in [-0.1, -0.05) is 262 Å². The molecular formula is C63H117NO5. The first-order chi connectivity index (χ1) is 34.0. The molecular weight excluding hydrogens is 851 g/mol. The van der Waals surface area contributed by atoms with E-state index in [1.165, 1.54) is 199 Å². The van der Waals surface area contributed by atoms with Gasteiger partial charge in [-0.2, -0.15) is 0 Å². The molecule has 0 rings (SSSR count). The molecule has 3 atom stereocenters. The summed E-state index contributed by atoms with van der Waals surface area (Å²) in [5, 5.41) is 23.9. The molecule has 6 heteroatoms. The van der Waals surface area contributed by atoms with Crippen molar-refractivity contribution in [1.82, 2.24) is 5.32 Å². The number of carbonyl (C=O) groups is 2. The molecule has 0 aliphatic rings. The number of aliphatic hydroxyl groups is 2. The van der Waals surface area contributed by atoms with Gasteiger partial charge in [-0.3, -0.25) is 9.59 Å². The van der Waals surface area contributed by atoms with Gasteiger partial charge in [0.25, 0.3) is 0 Å². The van der Waals surface area contributed by atoms with E-state index in [-0.39, 0.29) is 24.9 Å². The Labute approximate surface area is 429 Å². The largest absolute Gasteiger partial charge is 0.462 e. The van der Waals surface area contributed by atoms with Gasteiger partial charge in [0.05, 0.1) is 25.2 Å². The van der Waals surface area contributed by atoms with Gasteiger partial charge in [-0.25, -0.2) is 0 Å². The molecule has 0 radical (unpaired) electrons. The summed E-state index contributed by atoms with van der Waals surface area (Å²) in [5.74, 6) is -0.472. The topological polar surface area (TPSA) is 95.9 Å². The first kappa shape index (κ1) is 66.8. The van der Waals surface area contributed by atoms with Crippen molar-refractivity contribution in [3.63, 3.8) is 0 Å². The van der Waals surface area contributed by atoms with Gasteiger partial charge in [-0.15, -0.1) is 0 Å². The highest BCUT2D eigenvalue weighted by Gasteiger charge is 2.24. The van der Waals surface area contributed by atoms with Crippen molar-refractivity contribution in [2.75, 3.05) is 6.61 Å². The number of amides is 1. The number of allylic oxidation sites excluding steroid dienone is 8. The number of carbonyl (C=O) groups excluding carboxylic acids is 2. The van der Waals surface area contributed by atoms with E-state index in [1.54, 1.807) is 0 Å². The molecule has 1 amide bonds. The first-order valence-electron chi connectivity index (χ1n) is 30.4. The minimum Gasteiger partial charge on any atom is -0.462 e. The molecule has 0 heterocycles. The number of ether oxygens (including phenoxy) is 1. The molecule has 0 saturated heterocycles. The van der Waals surface area contributed by atoms with E-state index >= 15 is 0 Å². The number of unbranched alkanes of at least 4 members (excludes halogenated alkanes) is 35. The third-order valence-corrected chi connectivity index (χ3v) is 13.9. The van der Waals surface area contributed by atoms with Gasteiger partial charge in [-0.05, 0) is 89.9 Å². The lowest BCUT2D eigenvalue weighted by atomic mass is 10.0. The monoisotopic (exact) mass is 968 g/mol. The zero-order chi connectivity index (χ0) is 50.2. The van der Waals surface area contributed by atoms with Gasteiger partial charge in [0.2, 0.25) is 5.91 Å². The molecule has 0 spiro atoms. The minimum atomic E-state index is -0.791. The second kappa shape index (κ2) is 56.7. The third-order valence-electron chi connectivity index (χ3n) is 13.9. The predicted octanol–water partition coefficient (Wildman–Crippen LogP) is 19.0. The number of hydrogen-bond acceptors (Lipinski definition) is 5. The fourth-order valence-electron chi connectivity index (χ4n) is 9.26. The summed E-state index contributed by atoms with van der Waals surface area (Å²) in [6.07, 6.45) is 70.3. The van der Waals surface area contributed by atoms with Gasteiger partial charge in [0.15, 0.2) is 0 Å². The number of hydrogen-bond donors (Lipinski definition) is 3. The Bertz CT molecular complexity index is 1180. The zero-order valence-corrected chi connectivity index (χ0v) is 46.2. The summed E-state index contributed by atoms with van der Waals surface area (Å²) in [6.45, 7) is 6.47. The zero-order valence-electron chi connectivity index (χ0n) is 46.2. The first-order valence-corrected chi connectivity index (χ1v) is 30.4. The Hall–Kier alpha value is -2.18. The molecule has 404 valence electrons. The molecule has 0 aromatic carbocycles. The molecule has 0 bridgehead atoms. The van der Waals surface area contributed by atoms with Crippen molar-refractivity contribution in [3.8, 4) is 0 Å². The number of aliphatic hydroxyl groups excluding tert-OH is 2. The Morgan fingerprint density at radius 2 is 0.739 bits per heavy atom. The summed E-state index contributed by atoms with van der Waals surface area (Å²) in [5.41, 5.74) is 0. The summed E-state index contributed by atoms with van der Waals surface area (Å²) in [6, 6.07) is -0.706. The highest BCUT2D eigenvalue weighted by atomic mass is 16.5. The van der Waals surface area contributed by atoms with E-state index in [1.807, 2.05) is 0 Å². The maximum atomic E-state index is 13.3. The van der Waals surface area contributed by atoms with Gasteiger partial charge in [0.1, 0.15) is 6.10 Å². The molecule has 0 saturated carbocycles. The van der Waals surface area contributed by atoms with Crippen LogP contribution in [0.4, 0.5) is 0 Å². The van der Waals surface area contributed by atoms with E-state index in [2.05, 4.69) is 74.7 Å². The van der Waals surface area contributed by atoms with Crippen molar-refractivity contribution in [2.24, 2.45) is 0 Å². The normalized spacial score (nSPS) is 13.4. The molecule has 0 aromatic rings. The van der Waals surface area contributed by atoms with Crippen LogP contribution in [0.3, 0.4) is 0 Å². The van der Waals surface area contributed by atoms with E-state index in [0.717, 1.165) is 70.6 Å². The van der Waals surface area contributed by atoms with Crippen LogP contribution in [0.15, 0.2) is 48.6 Å². The van der Waals surface area contributed by atoms with Crippen molar-refractivity contribution >= 4 is 11.9 Å². The van der Waals surface area contributed by atoms with Crippen molar-refractivity contribution in [3.05, 3.63) is 48.6 Å². The average molecular weight is 969 g/mol.